The second-order valence-electron chi connectivity index (χ2n) is 4.09. The molecule has 106 valence electrons. The molecule has 2 aromatic rings. The Hall–Kier alpha value is -2.08. The third-order valence-corrected chi connectivity index (χ3v) is 2.62. The zero-order valence-electron chi connectivity index (χ0n) is 10.7. The van der Waals surface area contributed by atoms with Gasteiger partial charge in [-0.2, -0.15) is 13.2 Å². The first-order valence-corrected chi connectivity index (χ1v) is 5.95. The van der Waals surface area contributed by atoms with Crippen molar-refractivity contribution < 1.29 is 17.9 Å². The molecule has 6 heteroatoms. The fraction of sp³-hybridized carbons (Fsp3) is 0.214. The number of pyridine rings is 1. The third kappa shape index (κ3) is 3.27. The number of para-hydroxylation sites is 1. The van der Waals surface area contributed by atoms with Gasteiger partial charge in [-0.3, -0.25) is 0 Å². The van der Waals surface area contributed by atoms with E-state index in [9.17, 15) is 13.2 Å². The molecule has 1 N–H and O–H groups in total. The van der Waals surface area contributed by atoms with E-state index in [1.165, 1.54) is 24.4 Å². The summed E-state index contributed by atoms with van der Waals surface area (Å²) in [6.07, 6.45) is -2.99. The summed E-state index contributed by atoms with van der Waals surface area (Å²) in [6, 6.07) is 8.52. The van der Waals surface area contributed by atoms with Crippen molar-refractivity contribution in [3.05, 3.63) is 53.7 Å². The predicted molar refractivity (Wildman–Crippen MR) is 68.5 cm³/mol. The monoisotopic (exact) mass is 282 g/mol. The Kier molecular flexibility index (Phi) is 4.24. The molecule has 1 aromatic heterocycles. The van der Waals surface area contributed by atoms with E-state index >= 15 is 0 Å². The highest BCUT2D eigenvalue weighted by Gasteiger charge is 2.34. The summed E-state index contributed by atoms with van der Waals surface area (Å²) in [7, 11) is 1.74. The van der Waals surface area contributed by atoms with Gasteiger partial charge in [0.15, 0.2) is 0 Å². The van der Waals surface area contributed by atoms with Crippen molar-refractivity contribution in [1.82, 2.24) is 10.3 Å². The minimum Gasteiger partial charge on any atom is -0.438 e. The van der Waals surface area contributed by atoms with Crippen LogP contribution in [0.25, 0.3) is 0 Å². The van der Waals surface area contributed by atoms with Crippen molar-refractivity contribution >= 4 is 0 Å². The van der Waals surface area contributed by atoms with Crippen molar-refractivity contribution in [2.45, 2.75) is 12.7 Å². The number of alkyl halides is 3. The summed E-state index contributed by atoms with van der Waals surface area (Å²) in [4.78, 5) is 3.99. The number of nitrogens with one attached hydrogen (secondary N) is 1. The van der Waals surface area contributed by atoms with E-state index in [2.05, 4.69) is 10.3 Å². The number of aromatic nitrogens is 1. The second kappa shape index (κ2) is 5.92. The maximum atomic E-state index is 12.9. The first kappa shape index (κ1) is 14.3. The second-order valence-corrected chi connectivity index (χ2v) is 4.09. The maximum Gasteiger partial charge on any atom is 0.419 e. The number of benzene rings is 1. The molecule has 0 atom stereocenters. The largest absolute Gasteiger partial charge is 0.438 e. The zero-order valence-corrected chi connectivity index (χ0v) is 10.7. The Bertz CT molecular complexity index is 585. The van der Waals surface area contributed by atoms with Crippen LogP contribution in [0.2, 0.25) is 0 Å². The summed E-state index contributed by atoms with van der Waals surface area (Å²) in [5.74, 6) is -0.0883. The van der Waals surface area contributed by atoms with E-state index in [0.29, 0.717) is 12.1 Å². The van der Waals surface area contributed by atoms with E-state index < -0.39 is 11.7 Å². The summed E-state index contributed by atoms with van der Waals surface area (Å²) in [6.45, 7) is 0.456. The Morgan fingerprint density at radius 3 is 2.60 bits per heavy atom. The lowest BCUT2D eigenvalue weighted by Gasteiger charge is -2.14. The summed E-state index contributed by atoms with van der Waals surface area (Å²) < 4.78 is 44.0. The lowest BCUT2D eigenvalue weighted by atomic mass is 10.2. The standard InChI is InChI=1S/C14H13F3N2O/c1-18-9-10-5-4-8-19-13(10)20-12-7-3-2-6-11(12)14(15,16)17/h2-8,18H,9H2,1H3. The summed E-state index contributed by atoms with van der Waals surface area (Å²) in [5.41, 5.74) is -0.131. The van der Waals surface area contributed by atoms with Gasteiger partial charge in [0.1, 0.15) is 5.75 Å². The lowest BCUT2D eigenvalue weighted by molar-refractivity contribution is -0.138. The number of hydrogen-bond acceptors (Lipinski definition) is 3. The molecular formula is C14H13F3N2O. The van der Waals surface area contributed by atoms with Crippen LogP contribution in [0.15, 0.2) is 42.6 Å². The van der Waals surface area contributed by atoms with Gasteiger partial charge in [0, 0.05) is 18.3 Å². The topological polar surface area (TPSA) is 34.2 Å². The van der Waals surface area contributed by atoms with Crippen LogP contribution < -0.4 is 10.1 Å². The number of rotatable bonds is 4. The van der Waals surface area contributed by atoms with Crippen molar-refractivity contribution in [3.8, 4) is 11.6 Å². The van der Waals surface area contributed by atoms with Crippen LogP contribution in [0, 0.1) is 0 Å². The Morgan fingerprint density at radius 2 is 1.90 bits per heavy atom. The van der Waals surface area contributed by atoms with Gasteiger partial charge >= 0.3 is 6.18 Å². The van der Waals surface area contributed by atoms with Crippen LogP contribution in [0.3, 0.4) is 0 Å². The average Bonchev–Trinajstić information content (AvgIpc) is 2.41. The van der Waals surface area contributed by atoms with E-state index in [-0.39, 0.29) is 11.6 Å². The first-order valence-electron chi connectivity index (χ1n) is 5.95. The molecule has 0 radical (unpaired) electrons. The Morgan fingerprint density at radius 1 is 1.15 bits per heavy atom. The number of hydrogen-bond donors (Lipinski definition) is 1. The van der Waals surface area contributed by atoms with E-state index in [1.54, 1.807) is 19.2 Å². The minimum absolute atomic E-state index is 0.165. The van der Waals surface area contributed by atoms with E-state index in [1.807, 2.05) is 0 Å². The Balaban J connectivity index is 2.36. The lowest BCUT2D eigenvalue weighted by Crippen LogP contribution is -2.09. The zero-order chi connectivity index (χ0) is 14.6. The van der Waals surface area contributed by atoms with Gasteiger partial charge in [0.2, 0.25) is 5.88 Å². The number of ether oxygens (including phenoxy) is 1. The van der Waals surface area contributed by atoms with Crippen LogP contribution in [0.5, 0.6) is 11.6 Å². The fourth-order valence-corrected chi connectivity index (χ4v) is 1.73. The number of nitrogens with zero attached hydrogens (tertiary/aromatic N) is 1. The molecule has 0 saturated heterocycles. The summed E-state index contributed by atoms with van der Waals surface area (Å²) in [5, 5.41) is 2.91. The normalized spacial score (nSPS) is 11.4. The van der Waals surface area contributed by atoms with Crippen LogP contribution in [0.1, 0.15) is 11.1 Å². The molecule has 2 rings (SSSR count). The van der Waals surface area contributed by atoms with Gasteiger partial charge in [-0.15, -0.1) is 0 Å². The highest BCUT2D eigenvalue weighted by atomic mass is 19.4. The van der Waals surface area contributed by atoms with Gasteiger partial charge in [-0.1, -0.05) is 18.2 Å². The fourth-order valence-electron chi connectivity index (χ4n) is 1.73. The van der Waals surface area contributed by atoms with Crippen molar-refractivity contribution in [3.63, 3.8) is 0 Å². The molecule has 0 bridgehead atoms. The third-order valence-electron chi connectivity index (χ3n) is 2.62. The van der Waals surface area contributed by atoms with Crippen LogP contribution in [0.4, 0.5) is 13.2 Å². The van der Waals surface area contributed by atoms with E-state index in [0.717, 1.165) is 6.07 Å². The van der Waals surface area contributed by atoms with Gasteiger partial charge < -0.3 is 10.1 Å². The van der Waals surface area contributed by atoms with Crippen molar-refractivity contribution in [2.24, 2.45) is 0 Å². The molecule has 20 heavy (non-hydrogen) atoms. The molecule has 1 aromatic carbocycles. The van der Waals surface area contributed by atoms with Gasteiger partial charge in [-0.05, 0) is 25.2 Å². The highest BCUT2D eigenvalue weighted by Crippen LogP contribution is 2.37. The summed E-state index contributed by atoms with van der Waals surface area (Å²) >= 11 is 0. The van der Waals surface area contributed by atoms with E-state index in [4.69, 9.17) is 4.74 Å². The molecule has 0 spiro atoms. The molecule has 0 amide bonds. The van der Waals surface area contributed by atoms with Gasteiger partial charge in [0.05, 0.1) is 5.56 Å². The van der Waals surface area contributed by atoms with Crippen molar-refractivity contribution in [1.29, 1.82) is 0 Å². The van der Waals surface area contributed by atoms with Crippen LogP contribution >= 0.6 is 0 Å². The minimum atomic E-state index is -4.46. The molecule has 0 aliphatic heterocycles. The molecular weight excluding hydrogens is 269 g/mol. The molecule has 1 heterocycles. The van der Waals surface area contributed by atoms with Crippen LogP contribution in [-0.4, -0.2) is 12.0 Å². The molecule has 0 aliphatic rings. The van der Waals surface area contributed by atoms with Crippen molar-refractivity contribution in [2.75, 3.05) is 7.05 Å². The molecule has 0 saturated carbocycles. The number of halogens is 3. The Labute approximate surface area is 114 Å². The van der Waals surface area contributed by atoms with Gasteiger partial charge in [-0.25, -0.2) is 4.98 Å². The predicted octanol–water partition coefficient (Wildman–Crippen LogP) is 3.61. The smallest absolute Gasteiger partial charge is 0.419 e. The maximum absolute atomic E-state index is 12.9. The average molecular weight is 282 g/mol. The molecule has 3 nitrogen and oxygen atoms in total. The molecule has 0 fully saturated rings. The van der Waals surface area contributed by atoms with Gasteiger partial charge in [0.25, 0.3) is 0 Å². The molecule has 0 aliphatic carbocycles. The SMILES string of the molecule is CNCc1cccnc1Oc1ccccc1C(F)(F)F. The first-order chi connectivity index (χ1) is 9.52. The quantitative estimate of drug-likeness (QED) is 0.930. The molecule has 0 unspecified atom stereocenters. The van der Waals surface area contributed by atoms with Crippen LogP contribution in [-0.2, 0) is 12.7 Å². The highest BCUT2D eigenvalue weighted by molar-refractivity contribution is 5.39.